The minimum atomic E-state index is -0.0886. The van der Waals surface area contributed by atoms with Crippen molar-refractivity contribution in [2.45, 2.75) is 45.3 Å². The van der Waals surface area contributed by atoms with Crippen LogP contribution in [-0.4, -0.2) is 27.1 Å². The fraction of sp³-hybridized carbons (Fsp3) is 0.562. The van der Waals surface area contributed by atoms with Crippen LogP contribution < -0.4 is 5.32 Å². The second-order valence-electron chi connectivity index (χ2n) is 6.00. The maximum Gasteiger partial charge on any atom is 0.137 e. The van der Waals surface area contributed by atoms with Gasteiger partial charge in [0.2, 0.25) is 0 Å². The Morgan fingerprint density at radius 2 is 2.35 bits per heavy atom. The number of aliphatic hydroxyl groups is 1. The number of aromatic nitrogens is 2. The second-order valence-corrected chi connectivity index (χ2v) is 6.00. The third-order valence-electron chi connectivity index (χ3n) is 4.24. The van der Waals surface area contributed by atoms with E-state index >= 15 is 0 Å². The van der Waals surface area contributed by atoms with E-state index in [1.54, 1.807) is 0 Å². The summed E-state index contributed by atoms with van der Waals surface area (Å²) in [7, 11) is 0. The molecule has 0 spiro atoms. The lowest BCUT2D eigenvalue weighted by molar-refractivity contribution is 0.101. The van der Waals surface area contributed by atoms with Crippen LogP contribution in [0.15, 0.2) is 24.5 Å². The van der Waals surface area contributed by atoms with Gasteiger partial charge >= 0.3 is 0 Å². The van der Waals surface area contributed by atoms with E-state index < -0.39 is 0 Å². The first-order valence-corrected chi connectivity index (χ1v) is 7.54. The molecule has 20 heavy (non-hydrogen) atoms. The van der Waals surface area contributed by atoms with E-state index in [1.165, 1.54) is 17.7 Å². The van der Waals surface area contributed by atoms with E-state index in [4.69, 9.17) is 0 Å². The van der Waals surface area contributed by atoms with Crippen LogP contribution in [0.1, 0.15) is 36.9 Å². The Bertz CT molecular complexity index is 578. The molecular formula is C16H23N3O. The highest BCUT2D eigenvalue weighted by Gasteiger charge is 2.19. The SMILES string of the molecule is Cc1ccn2c(CNCC3CCCC(O)C3)cnc2c1. The molecule has 0 amide bonds. The Labute approximate surface area is 119 Å². The standard InChI is InChI=1S/C16H23N3O/c1-12-5-6-19-14(11-18-16(19)7-12)10-17-9-13-3-2-4-15(20)8-13/h5-7,11,13,15,17,20H,2-4,8-10H2,1H3. The van der Waals surface area contributed by atoms with E-state index in [9.17, 15) is 5.11 Å². The molecule has 3 rings (SSSR count). The van der Waals surface area contributed by atoms with E-state index in [-0.39, 0.29) is 6.10 Å². The van der Waals surface area contributed by atoms with Crippen molar-refractivity contribution in [2.24, 2.45) is 5.92 Å². The lowest BCUT2D eigenvalue weighted by Crippen LogP contribution is -2.29. The minimum Gasteiger partial charge on any atom is -0.393 e. The summed E-state index contributed by atoms with van der Waals surface area (Å²) in [6, 6.07) is 4.21. The number of hydrogen-bond donors (Lipinski definition) is 2. The maximum absolute atomic E-state index is 9.69. The number of aryl methyl sites for hydroxylation is 1. The van der Waals surface area contributed by atoms with Crippen LogP contribution in [0, 0.1) is 12.8 Å². The molecule has 1 aliphatic rings. The highest BCUT2D eigenvalue weighted by molar-refractivity contribution is 5.42. The topological polar surface area (TPSA) is 49.6 Å². The lowest BCUT2D eigenvalue weighted by Gasteiger charge is -2.25. The molecule has 2 aromatic rings. The molecule has 4 heteroatoms. The molecule has 0 bridgehead atoms. The van der Waals surface area contributed by atoms with Crippen LogP contribution in [-0.2, 0) is 6.54 Å². The van der Waals surface area contributed by atoms with Gasteiger partial charge in [-0.1, -0.05) is 6.42 Å². The van der Waals surface area contributed by atoms with Crippen LogP contribution in [0.25, 0.3) is 5.65 Å². The predicted molar refractivity (Wildman–Crippen MR) is 79.6 cm³/mol. The third-order valence-corrected chi connectivity index (χ3v) is 4.24. The van der Waals surface area contributed by atoms with E-state index in [1.807, 2.05) is 6.20 Å². The molecule has 2 N–H and O–H groups in total. The molecule has 2 aromatic heterocycles. The van der Waals surface area contributed by atoms with Gasteiger partial charge in [0.15, 0.2) is 0 Å². The number of pyridine rings is 1. The molecule has 1 fully saturated rings. The number of imidazole rings is 1. The van der Waals surface area contributed by atoms with Crippen molar-refractivity contribution < 1.29 is 5.11 Å². The summed E-state index contributed by atoms with van der Waals surface area (Å²) in [6.45, 7) is 3.90. The summed E-state index contributed by atoms with van der Waals surface area (Å²) in [5, 5.41) is 13.2. The van der Waals surface area contributed by atoms with Gasteiger partial charge in [0, 0.05) is 12.7 Å². The molecule has 2 unspecified atom stereocenters. The average molecular weight is 273 g/mol. The zero-order chi connectivity index (χ0) is 13.9. The number of fused-ring (bicyclic) bond motifs is 1. The van der Waals surface area contributed by atoms with Crippen molar-refractivity contribution >= 4 is 5.65 Å². The monoisotopic (exact) mass is 273 g/mol. The Hall–Kier alpha value is -1.39. The molecule has 2 heterocycles. The summed E-state index contributed by atoms with van der Waals surface area (Å²) in [5.41, 5.74) is 3.44. The maximum atomic E-state index is 9.69. The van der Waals surface area contributed by atoms with Gasteiger partial charge in [-0.25, -0.2) is 4.98 Å². The van der Waals surface area contributed by atoms with Gasteiger partial charge in [-0.3, -0.25) is 0 Å². The predicted octanol–water partition coefficient (Wildman–Crippen LogP) is 2.28. The first-order valence-electron chi connectivity index (χ1n) is 7.54. The molecule has 0 aromatic carbocycles. The average Bonchev–Trinajstić information content (AvgIpc) is 2.81. The number of hydrogen-bond acceptors (Lipinski definition) is 3. The van der Waals surface area contributed by atoms with Crippen molar-refractivity contribution in [1.29, 1.82) is 0 Å². The number of rotatable bonds is 4. The Morgan fingerprint density at radius 1 is 1.45 bits per heavy atom. The summed E-state index contributed by atoms with van der Waals surface area (Å²) in [5.74, 6) is 0.611. The van der Waals surface area contributed by atoms with E-state index in [0.717, 1.165) is 38.0 Å². The van der Waals surface area contributed by atoms with Crippen molar-refractivity contribution in [3.8, 4) is 0 Å². The quantitative estimate of drug-likeness (QED) is 0.898. The van der Waals surface area contributed by atoms with Crippen LogP contribution in [0.5, 0.6) is 0 Å². The van der Waals surface area contributed by atoms with Crippen molar-refractivity contribution in [1.82, 2.24) is 14.7 Å². The Balaban J connectivity index is 1.57. The number of aliphatic hydroxyl groups excluding tert-OH is 1. The third kappa shape index (κ3) is 3.02. The zero-order valence-electron chi connectivity index (χ0n) is 12.0. The fourth-order valence-electron chi connectivity index (χ4n) is 3.12. The summed E-state index contributed by atoms with van der Waals surface area (Å²) in [4.78, 5) is 4.44. The van der Waals surface area contributed by atoms with Crippen LogP contribution in [0.2, 0.25) is 0 Å². The smallest absolute Gasteiger partial charge is 0.137 e. The molecular weight excluding hydrogens is 250 g/mol. The molecule has 0 radical (unpaired) electrons. The summed E-state index contributed by atoms with van der Waals surface area (Å²) < 4.78 is 2.13. The lowest BCUT2D eigenvalue weighted by atomic mass is 9.87. The first kappa shape index (κ1) is 13.6. The molecule has 4 nitrogen and oxygen atoms in total. The van der Waals surface area contributed by atoms with Gasteiger partial charge in [0.1, 0.15) is 5.65 Å². The Morgan fingerprint density at radius 3 is 3.20 bits per heavy atom. The molecule has 2 atom stereocenters. The van der Waals surface area contributed by atoms with Crippen LogP contribution in [0.4, 0.5) is 0 Å². The number of nitrogens with zero attached hydrogens (tertiary/aromatic N) is 2. The van der Waals surface area contributed by atoms with E-state index in [0.29, 0.717) is 5.92 Å². The van der Waals surface area contributed by atoms with Gasteiger partial charge in [0.05, 0.1) is 18.0 Å². The molecule has 0 aliphatic heterocycles. The first-order chi connectivity index (χ1) is 9.72. The zero-order valence-corrected chi connectivity index (χ0v) is 12.0. The summed E-state index contributed by atoms with van der Waals surface area (Å²) >= 11 is 0. The second kappa shape index (κ2) is 5.94. The van der Waals surface area contributed by atoms with Crippen molar-refractivity contribution in [3.05, 3.63) is 35.8 Å². The largest absolute Gasteiger partial charge is 0.393 e. The Kier molecular flexibility index (Phi) is 4.03. The highest BCUT2D eigenvalue weighted by atomic mass is 16.3. The molecule has 108 valence electrons. The minimum absolute atomic E-state index is 0.0886. The van der Waals surface area contributed by atoms with Gasteiger partial charge in [-0.15, -0.1) is 0 Å². The van der Waals surface area contributed by atoms with Gasteiger partial charge in [0.25, 0.3) is 0 Å². The number of nitrogens with one attached hydrogen (secondary N) is 1. The van der Waals surface area contributed by atoms with Crippen molar-refractivity contribution in [3.63, 3.8) is 0 Å². The van der Waals surface area contributed by atoms with Gasteiger partial charge in [-0.2, -0.15) is 0 Å². The normalized spacial score (nSPS) is 23.3. The van der Waals surface area contributed by atoms with Crippen molar-refractivity contribution in [2.75, 3.05) is 6.54 Å². The molecule has 0 saturated heterocycles. The van der Waals surface area contributed by atoms with Crippen LogP contribution in [0.3, 0.4) is 0 Å². The highest BCUT2D eigenvalue weighted by Crippen LogP contribution is 2.23. The molecule has 1 aliphatic carbocycles. The van der Waals surface area contributed by atoms with Gasteiger partial charge in [-0.05, 0) is 56.3 Å². The van der Waals surface area contributed by atoms with Gasteiger partial charge < -0.3 is 14.8 Å². The van der Waals surface area contributed by atoms with Crippen LogP contribution >= 0.6 is 0 Å². The summed E-state index contributed by atoms with van der Waals surface area (Å²) in [6.07, 6.45) is 8.24. The fourth-order valence-corrected chi connectivity index (χ4v) is 3.12. The molecule has 1 saturated carbocycles. The van der Waals surface area contributed by atoms with E-state index in [2.05, 4.69) is 40.0 Å².